The Morgan fingerprint density at radius 3 is 2.50 bits per heavy atom. The number of hydrogen-bond acceptors (Lipinski definition) is 4. The largest absolute Gasteiger partial charge is 0.325 e. The van der Waals surface area contributed by atoms with Gasteiger partial charge in [0.15, 0.2) is 0 Å². The summed E-state index contributed by atoms with van der Waals surface area (Å²) in [6.07, 6.45) is 0. The minimum atomic E-state index is -3.55. The van der Waals surface area contributed by atoms with E-state index in [-0.39, 0.29) is 23.4 Å². The van der Waals surface area contributed by atoms with Gasteiger partial charge < -0.3 is 10.6 Å². The molecule has 6 nitrogen and oxygen atoms in total. The smallest absolute Gasteiger partial charge is 0.242 e. The predicted molar refractivity (Wildman–Crippen MR) is 104 cm³/mol. The molecular formula is C18H22ClN3O3S. The lowest BCUT2D eigenvalue weighted by Crippen LogP contribution is -2.30. The van der Waals surface area contributed by atoms with Crippen LogP contribution in [0.2, 0.25) is 5.02 Å². The molecule has 0 aliphatic carbocycles. The van der Waals surface area contributed by atoms with Crippen LogP contribution < -0.4 is 10.6 Å². The Bertz CT molecular complexity index is 885. The maximum absolute atomic E-state index is 12.2. The number of nitrogens with one attached hydrogen (secondary N) is 2. The van der Waals surface area contributed by atoms with Crippen LogP contribution in [0.1, 0.15) is 18.5 Å². The third-order valence-corrected chi connectivity index (χ3v) is 5.99. The van der Waals surface area contributed by atoms with Crippen LogP contribution in [0.25, 0.3) is 0 Å². The molecule has 0 saturated heterocycles. The molecule has 1 atom stereocenters. The molecule has 140 valence electrons. The Morgan fingerprint density at radius 2 is 1.85 bits per heavy atom. The molecule has 2 N–H and O–H groups in total. The van der Waals surface area contributed by atoms with Gasteiger partial charge in [-0.05, 0) is 36.8 Å². The quantitative estimate of drug-likeness (QED) is 0.755. The van der Waals surface area contributed by atoms with Gasteiger partial charge in [0, 0.05) is 30.8 Å². The molecule has 2 aromatic rings. The lowest BCUT2D eigenvalue weighted by atomic mass is 10.1. The van der Waals surface area contributed by atoms with Crippen LogP contribution in [0.3, 0.4) is 0 Å². The highest BCUT2D eigenvalue weighted by atomic mass is 35.5. The zero-order chi connectivity index (χ0) is 19.3. The van der Waals surface area contributed by atoms with Crippen molar-refractivity contribution in [3.05, 3.63) is 59.1 Å². The second-order valence-corrected chi connectivity index (χ2v) is 8.55. The number of nitrogens with zero attached hydrogens (tertiary/aromatic N) is 1. The maximum atomic E-state index is 12.2. The average Bonchev–Trinajstić information content (AvgIpc) is 2.60. The van der Waals surface area contributed by atoms with E-state index in [1.54, 1.807) is 18.2 Å². The fourth-order valence-corrected chi connectivity index (χ4v) is 3.58. The number of hydrogen-bond donors (Lipinski definition) is 2. The van der Waals surface area contributed by atoms with Gasteiger partial charge >= 0.3 is 0 Å². The van der Waals surface area contributed by atoms with E-state index in [1.807, 2.05) is 25.1 Å². The first-order valence-corrected chi connectivity index (χ1v) is 9.84. The minimum Gasteiger partial charge on any atom is -0.325 e. The Morgan fingerprint density at radius 1 is 1.15 bits per heavy atom. The summed E-state index contributed by atoms with van der Waals surface area (Å²) in [6, 6.07) is 13.5. The fourth-order valence-electron chi connectivity index (χ4n) is 2.33. The number of halogens is 1. The van der Waals surface area contributed by atoms with E-state index in [2.05, 4.69) is 10.6 Å². The predicted octanol–water partition coefficient (Wildman–Crippen LogP) is 2.88. The Kier molecular flexibility index (Phi) is 6.77. The maximum Gasteiger partial charge on any atom is 0.242 e. The van der Waals surface area contributed by atoms with Crippen LogP contribution in [0.4, 0.5) is 5.69 Å². The molecule has 1 amide bonds. The zero-order valence-corrected chi connectivity index (χ0v) is 16.4. The van der Waals surface area contributed by atoms with Crippen molar-refractivity contribution in [1.29, 1.82) is 0 Å². The number of amides is 1. The van der Waals surface area contributed by atoms with Crippen LogP contribution in [0, 0.1) is 0 Å². The summed E-state index contributed by atoms with van der Waals surface area (Å²) in [4.78, 5) is 12.3. The van der Waals surface area contributed by atoms with Crippen molar-refractivity contribution < 1.29 is 13.2 Å². The summed E-state index contributed by atoms with van der Waals surface area (Å²) < 4.78 is 25.5. The molecule has 26 heavy (non-hydrogen) atoms. The molecular weight excluding hydrogens is 374 g/mol. The molecule has 0 fully saturated rings. The van der Waals surface area contributed by atoms with E-state index in [9.17, 15) is 13.2 Å². The zero-order valence-electron chi connectivity index (χ0n) is 14.9. The van der Waals surface area contributed by atoms with Crippen molar-refractivity contribution in [3.63, 3.8) is 0 Å². The molecule has 0 aliphatic rings. The third-order valence-electron chi connectivity index (χ3n) is 3.84. The molecule has 0 unspecified atom stereocenters. The summed E-state index contributed by atoms with van der Waals surface area (Å²) in [5.74, 6) is -0.275. The van der Waals surface area contributed by atoms with Crippen molar-refractivity contribution in [2.75, 3.05) is 26.0 Å². The normalized spacial score (nSPS) is 12.8. The van der Waals surface area contributed by atoms with Gasteiger partial charge in [0.25, 0.3) is 0 Å². The second kappa shape index (κ2) is 8.64. The molecule has 0 spiro atoms. The van der Waals surface area contributed by atoms with Gasteiger partial charge in [0.2, 0.25) is 15.9 Å². The van der Waals surface area contributed by atoms with Crippen molar-refractivity contribution in [2.45, 2.75) is 17.9 Å². The Balaban J connectivity index is 1.99. The van der Waals surface area contributed by atoms with E-state index in [1.165, 1.54) is 26.2 Å². The summed E-state index contributed by atoms with van der Waals surface area (Å²) in [7, 11) is -0.632. The summed E-state index contributed by atoms with van der Waals surface area (Å²) in [5, 5.41) is 6.43. The first-order chi connectivity index (χ1) is 12.2. The first-order valence-electron chi connectivity index (χ1n) is 8.02. The average molecular weight is 396 g/mol. The molecule has 2 rings (SSSR count). The topological polar surface area (TPSA) is 78.5 Å². The number of rotatable bonds is 7. The molecule has 0 heterocycles. The summed E-state index contributed by atoms with van der Waals surface area (Å²) >= 11 is 6.15. The van der Waals surface area contributed by atoms with Crippen LogP contribution in [-0.4, -0.2) is 39.3 Å². The van der Waals surface area contributed by atoms with Gasteiger partial charge in [-0.3, -0.25) is 4.79 Å². The molecule has 0 radical (unpaired) electrons. The van der Waals surface area contributed by atoms with Gasteiger partial charge in [-0.1, -0.05) is 35.9 Å². The number of benzene rings is 2. The SMILES string of the molecule is C[C@@H](NCC(=O)Nc1cccc(S(=O)(=O)N(C)C)c1)c1ccccc1Cl. The summed E-state index contributed by atoms with van der Waals surface area (Å²) in [5.41, 5.74) is 1.33. The van der Waals surface area contributed by atoms with Gasteiger partial charge in [-0.25, -0.2) is 12.7 Å². The Hall–Kier alpha value is -1.93. The number of carbonyl (C=O) groups is 1. The van der Waals surface area contributed by atoms with E-state index >= 15 is 0 Å². The van der Waals surface area contributed by atoms with Gasteiger partial charge in [-0.2, -0.15) is 0 Å². The number of sulfonamides is 1. The molecule has 0 saturated carbocycles. The minimum absolute atomic E-state index is 0.0665. The number of anilines is 1. The highest BCUT2D eigenvalue weighted by Gasteiger charge is 2.17. The monoisotopic (exact) mass is 395 g/mol. The Labute approximate surface area is 159 Å². The van der Waals surface area contributed by atoms with E-state index < -0.39 is 10.0 Å². The van der Waals surface area contributed by atoms with Crippen LogP contribution >= 0.6 is 11.6 Å². The molecule has 0 bridgehead atoms. The summed E-state index contributed by atoms with van der Waals surface area (Å²) in [6.45, 7) is 1.98. The van der Waals surface area contributed by atoms with Crippen LogP contribution in [-0.2, 0) is 14.8 Å². The van der Waals surface area contributed by atoms with E-state index in [0.717, 1.165) is 9.87 Å². The highest BCUT2D eigenvalue weighted by Crippen LogP contribution is 2.22. The van der Waals surface area contributed by atoms with Crippen molar-refractivity contribution in [1.82, 2.24) is 9.62 Å². The van der Waals surface area contributed by atoms with Crippen molar-refractivity contribution >= 4 is 33.2 Å². The highest BCUT2D eigenvalue weighted by molar-refractivity contribution is 7.89. The standard InChI is InChI=1S/C18H22ClN3O3S/c1-13(16-9-4-5-10-17(16)19)20-12-18(23)21-14-7-6-8-15(11-14)26(24,25)22(2)3/h4-11,13,20H,12H2,1-3H3,(H,21,23)/t13-/m1/s1. The van der Waals surface area contributed by atoms with Crippen LogP contribution in [0.5, 0.6) is 0 Å². The molecule has 0 aromatic heterocycles. The van der Waals surface area contributed by atoms with Crippen molar-refractivity contribution in [3.8, 4) is 0 Å². The molecule has 8 heteroatoms. The lowest BCUT2D eigenvalue weighted by molar-refractivity contribution is -0.115. The molecule has 0 aliphatic heterocycles. The third kappa shape index (κ3) is 5.04. The molecule has 2 aromatic carbocycles. The van der Waals surface area contributed by atoms with Gasteiger partial charge in [-0.15, -0.1) is 0 Å². The number of carbonyl (C=O) groups excluding carboxylic acids is 1. The van der Waals surface area contributed by atoms with Crippen LogP contribution in [0.15, 0.2) is 53.4 Å². The first kappa shape index (κ1) is 20.4. The fraction of sp³-hybridized carbons (Fsp3) is 0.278. The lowest BCUT2D eigenvalue weighted by Gasteiger charge is -2.16. The van der Waals surface area contributed by atoms with Crippen molar-refractivity contribution in [2.24, 2.45) is 0 Å². The van der Waals surface area contributed by atoms with Gasteiger partial charge in [0.05, 0.1) is 11.4 Å². The van der Waals surface area contributed by atoms with E-state index in [4.69, 9.17) is 11.6 Å². The second-order valence-electron chi connectivity index (χ2n) is 5.99. The van der Waals surface area contributed by atoms with Gasteiger partial charge in [0.1, 0.15) is 0 Å². The van der Waals surface area contributed by atoms with E-state index in [0.29, 0.717) is 10.7 Å².